The molecule has 0 fully saturated rings. The van der Waals surface area contributed by atoms with E-state index >= 15 is 0 Å². The number of para-hydroxylation sites is 1. The largest absolute Gasteiger partial charge is 0.482 e. The number of nitrogens with zero attached hydrogens (tertiary/aromatic N) is 3. The summed E-state index contributed by atoms with van der Waals surface area (Å²) >= 11 is 0. The molecule has 6 nitrogen and oxygen atoms in total. The zero-order chi connectivity index (χ0) is 20.8. The number of aromatic nitrogens is 1. The number of carbonyl (C=O) groups is 1. The van der Waals surface area contributed by atoms with E-state index < -0.39 is 5.91 Å². The number of hydrogen-bond donors (Lipinski definition) is 1. The molecule has 1 amide bonds. The lowest BCUT2D eigenvalue weighted by atomic mass is 10.2. The summed E-state index contributed by atoms with van der Waals surface area (Å²) in [5, 5.41) is 21.6. The molecule has 6 heteroatoms. The molecule has 0 atom stereocenters. The van der Waals surface area contributed by atoms with Gasteiger partial charge < -0.3 is 14.6 Å². The van der Waals surface area contributed by atoms with E-state index in [1.165, 1.54) is 0 Å². The number of carbonyl (C=O) groups excluding carboxylic acids is 1. The maximum absolute atomic E-state index is 12.5. The summed E-state index contributed by atoms with van der Waals surface area (Å²) in [7, 11) is 0. The minimum atomic E-state index is -0.402. The zero-order valence-electron chi connectivity index (χ0n) is 16.3. The van der Waals surface area contributed by atoms with Crippen molar-refractivity contribution in [2.75, 3.05) is 11.9 Å². The lowest BCUT2D eigenvalue weighted by Crippen LogP contribution is -2.23. The molecule has 1 heterocycles. The van der Waals surface area contributed by atoms with Crippen LogP contribution in [0.2, 0.25) is 0 Å². The number of anilines is 1. The highest BCUT2D eigenvalue weighted by Gasteiger charge is 2.20. The Morgan fingerprint density at radius 1 is 1.03 bits per heavy atom. The van der Waals surface area contributed by atoms with Crippen LogP contribution in [0.3, 0.4) is 0 Å². The van der Waals surface area contributed by atoms with Crippen molar-refractivity contribution in [3.63, 3.8) is 0 Å². The Balaban J connectivity index is 1.82. The van der Waals surface area contributed by atoms with Crippen molar-refractivity contribution in [1.29, 1.82) is 10.5 Å². The van der Waals surface area contributed by atoms with Crippen LogP contribution in [0.25, 0.3) is 0 Å². The topological polar surface area (TPSA) is 90.8 Å². The minimum absolute atomic E-state index is 0.266. The van der Waals surface area contributed by atoms with E-state index in [4.69, 9.17) is 10.00 Å². The molecule has 2 aromatic carbocycles. The predicted octanol–water partition coefficient (Wildman–Crippen LogP) is 3.91. The van der Waals surface area contributed by atoms with Crippen molar-refractivity contribution in [3.05, 3.63) is 82.5 Å². The van der Waals surface area contributed by atoms with Gasteiger partial charge in [0.25, 0.3) is 5.91 Å². The van der Waals surface area contributed by atoms with Crippen LogP contribution in [0.5, 0.6) is 5.75 Å². The van der Waals surface area contributed by atoms with Crippen molar-refractivity contribution in [2.45, 2.75) is 20.4 Å². The summed E-state index contributed by atoms with van der Waals surface area (Å²) < 4.78 is 7.43. The lowest BCUT2D eigenvalue weighted by molar-refractivity contribution is -0.118. The van der Waals surface area contributed by atoms with Crippen molar-refractivity contribution >= 4 is 11.7 Å². The molecule has 29 heavy (non-hydrogen) atoms. The highest BCUT2D eigenvalue weighted by molar-refractivity contribution is 5.93. The molecular formula is C23H20N4O2. The molecule has 3 aromatic rings. The fraction of sp³-hybridized carbons (Fsp3) is 0.174. The maximum Gasteiger partial charge on any atom is 0.263 e. The molecule has 144 valence electrons. The Morgan fingerprint density at radius 2 is 1.72 bits per heavy atom. The van der Waals surface area contributed by atoms with Gasteiger partial charge in [-0.05, 0) is 37.1 Å². The third-order valence-corrected chi connectivity index (χ3v) is 4.75. The SMILES string of the molecule is Cc1c(C#N)c(NC(=O)COc2ccccc2C#N)n(Cc2ccccc2)c1C. The Labute approximate surface area is 169 Å². The Bertz CT molecular complexity index is 1120. The third-order valence-electron chi connectivity index (χ3n) is 4.75. The second-order valence-corrected chi connectivity index (χ2v) is 6.56. The van der Waals surface area contributed by atoms with Gasteiger partial charge >= 0.3 is 0 Å². The fourth-order valence-electron chi connectivity index (χ4n) is 3.09. The van der Waals surface area contributed by atoms with Crippen molar-refractivity contribution in [3.8, 4) is 17.9 Å². The summed E-state index contributed by atoms with van der Waals surface area (Å²) in [6, 6.07) is 20.8. The number of nitrogens with one attached hydrogen (secondary N) is 1. The van der Waals surface area contributed by atoms with E-state index in [9.17, 15) is 10.1 Å². The second kappa shape index (κ2) is 8.77. The van der Waals surface area contributed by atoms with Gasteiger partial charge in [-0.25, -0.2) is 0 Å². The van der Waals surface area contributed by atoms with Gasteiger partial charge in [0.2, 0.25) is 0 Å². The number of amides is 1. The maximum atomic E-state index is 12.5. The highest BCUT2D eigenvalue weighted by atomic mass is 16.5. The van der Waals surface area contributed by atoms with E-state index in [0.29, 0.717) is 29.2 Å². The van der Waals surface area contributed by atoms with Crippen molar-refractivity contribution < 1.29 is 9.53 Å². The third kappa shape index (κ3) is 4.28. The molecule has 1 N–H and O–H groups in total. The first-order chi connectivity index (χ1) is 14.0. The molecular weight excluding hydrogens is 364 g/mol. The minimum Gasteiger partial charge on any atom is -0.482 e. The second-order valence-electron chi connectivity index (χ2n) is 6.56. The quantitative estimate of drug-likeness (QED) is 0.697. The normalized spacial score (nSPS) is 10.1. The Kier molecular flexibility index (Phi) is 5.97. The summed E-state index contributed by atoms with van der Waals surface area (Å²) in [5.74, 6) is 0.396. The average Bonchev–Trinajstić information content (AvgIpc) is 2.97. The van der Waals surface area contributed by atoms with Crippen molar-refractivity contribution in [2.24, 2.45) is 0 Å². The Hall–Kier alpha value is -4.03. The van der Waals surface area contributed by atoms with E-state index in [-0.39, 0.29) is 6.61 Å². The predicted molar refractivity (Wildman–Crippen MR) is 109 cm³/mol. The summed E-state index contributed by atoms with van der Waals surface area (Å²) in [5.41, 5.74) is 3.59. The van der Waals surface area contributed by atoms with Crippen LogP contribution in [0.15, 0.2) is 54.6 Å². The first-order valence-corrected chi connectivity index (χ1v) is 9.10. The van der Waals surface area contributed by atoms with E-state index in [1.807, 2.05) is 54.8 Å². The summed E-state index contributed by atoms with van der Waals surface area (Å²) in [6.45, 7) is 4.06. The fourth-order valence-corrected chi connectivity index (χ4v) is 3.09. The Morgan fingerprint density at radius 3 is 2.41 bits per heavy atom. The molecule has 3 rings (SSSR count). The van der Waals surface area contributed by atoms with Crippen LogP contribution < -0.4 is 10.1 Å². The lowest BCUT2D eigenvalue weighted by Gasteiger charge is -2.14. The molecule has 0 aliphatic heterocycles. The molecule has 0 aliphatic carbocycles. The van der Waals surface area contributed by atoms with E-state index in [2.05, 4.69) is 11.4 Å². The smallest absolute Gasteiger partial charge is 0.263 e. The molecule has 1 aromatic heterocycles. The first kappa shape index (κ1) is 19.7. The molecule has 0 bridgehead atoms. The van der Waals surface area contributed by atoms with Gasteiger partial charge in [0.1, 0.15) is 23.7 Å². The van der Waals surface area contributed by atoms with Gasteiger partial charge in [-0.3, -0.25) is 4.79 Å². The van der Waals surface area contributed by atoms with Crippen LogP contribution in [0, 0.1) is 36.5 Å². The van der Waals surface area contributed by atoms with Gasteiger partial charge in [-0.2, -0.15) is 10.5 Å². The molecule has 0 radical (unpaired) electrons. The van der Waals surface area contributed by atoms with Gasteiger partial charge in [0.15, 0.2) is 6.61 Å². The molecule has 0 saturated carbocycles. The van der Waals surface area contributed by atoms with Crippen LogP contribution in [-0.4, -0.2) is 17.1 Å². The van der Waals surface area contributed by atoms with Crippen LogP contribution in [0.4, 0.5) is 5.82 Å². The number of rotatable bonds is 6. The number of hydrogen-bond acceptors (Lipinski definition) is 4. The van der Waals surface area contributed by atoms with Crippen LogP contribution >= 0.6 is 0 Å². The zero-order valence-corrected chi connectivity index (χ0v) is 16.3. The summed E-state index contributed by atoms with van der Waals surface area (Å²) in [4.78, 5) is 12.5. The van der Waals surface area contributed by atoms with E-state index in [0.717, 1.165) is 16.8 Å². The van der Waals surface area contributed by atoms with E-state index in [1.54, 1.807) is 24.3 Å². The van der Waals surface area contributed by atoms with Gasteiger partial charge in [-0.15, -0.1) is 0 Å². The molecule has 0 unspecified atom stereocenters. The number of benzene rings is 2. The van der Waals surface area contributed by atoms with Crippen LogP contribution in [0.1, 0.15) is 27.9 Å². The summed E-state index contributed by atoms with van der Waals surface area (Å²) in [6.07, 6.45) is 0. The van der Waals surface area contributed by atoms with Gasteiger partial charge in [-0.1, -0.05) is 42.5 Å². The number of nitriles is 2. The molecule has 0 aliphatic rings. The number of ether oxygens (including phenoxy) is 1. The first-order valence-electron chi connectivity index (χ1n) is 9.10. The standard InChI is InChI=1S/C23H20N4O2/c1-16-17(2)27(14-18-8-4-3-5-9-18)23(20(16)13-25)26-22(28)15-29-21-11-7-6-10-19(21)12-24/h3-11H,14-15H2,1-2H3,(H,26,28). The monoisotopic (exact) mass is 384 g/mol. The average molecular weight is 384 g/mol. The highest BCUT2D eigenvalue weighted by Crippen LogP contribution is 2.27. The van der Waals surface area contributed by atoms with Gasteiger partial charge in [0, 0.05) is 12.2 Å². The van der Waals surface area contributed by atoms with Gasteiger partial charge in [0.05, 0.1) is 11.1 Å². The van der Waals surface area contributed by atoms with Crippen LogP contribution in [-0.2, 0) is 11.3 Å². The molecule has 0 spiro atoms. The van der Waals surface area contributed by atoms with Crippen molar-refractivity contribution in [1.82, 2.24) is 4.57 Å². The molecule has 0 saturated heterocycles.